The normalized spacial score (nSPS) is 10.0. The molecular formula is C11H10N2O. The molecule has 0 atom stereocenters. The average molecular weight is 186 g/mol. The Morgan fingerprint density at radius 3 is 2.71 bits per heavy atom. The van der Waals surface area contributed by atoms with Gasteiger partial charge >= 0.3 is 0 Å². The van der Waals surface area contributed by atoms with Crippen molar-refractivity contribution in [2.24, 2.45) is 0 Å². The van der Waals surface area contributed by atoms with Gasteiger partial charge in [0, 0.05) is 17.4 Å². The number of nitrogens with two attached hydrogens (primary N) is 1. The molecule has 3 heteroatoms. The van der Waals surface area contributed by atoms with Crippen LogP contribution in [0.2, 0.25) is 0 Å². The number of aromatic nitrogens is 1. The van der Waals surface area contributed by atoms with E-state index in [9.17, 15) is 5.11 Å². The second kappa shape index (κ2) is 3.38. The molecule has 14 heavy (non-hydrogen) atoms. The SMILES string of the molecule is Nc1ccc(O)c(-c2ccccn2)c1. The van der Waals surface area contributed by atoms with Gasteiger partial charge in [0.15, 0.2) is 0 Å². The third kappa shape index (κ3) is 1.52. The maximum atomic E-state index is 9.59. The molecule has 0 fully saturated rings. The van der Waals surface area contributed by atoms with Crippen molar-refractivity contribution < 1.29 is 5.11 Å². The van der Waals surface area contributed by atoms with Crippen LogP contribution in [0.25, 0.3) is 11.3 Å². The van der Waals surface area contributed by atoms with Crippen molar-refractivity contribution in [2.75, 3.05) is 5.73 Å². The Morgan fingerprint density at radius 2 is 2.00 bits per heavy atom. The summed E-state index contributed by atoms with van der Waals surface area (Å²) < 4.78 is 0. The Hall–Kier alpha value is -2.03. The van der Waals surface area contributed by atoms with Crippen LogP contribution in [0.3, 0.4) is 0 Å². The van der Waals surface area contributed by atoms with Gasteiger partial charge in [-0.2, -0.15) is 0 Å². The topological polar surface area (TPSA) is 59.1 Å². The summed E-state index contributed by atoms with van der Waals surface area (Å²) in [5.41, 5.74) is 7.62. The van der Waals surface area contributed by atoms with E-state index in [-0.39, 0.29) is 5.75 Å². The number of pyridine rings is 1. The lowest BCUT2D eigenvalue weighted by molar-refractivity contribution is 0.477. The fourth-order valence-electron chi connectivity index (χ4n) is 1.28. The molecule has 70 valence electrons. The lowest BCUT2D eigenvalue weighted by Crippen LogP contribution is -1.87. The third-order valence-corrected chi connectivity index (χ3v) is 1.96. The standard InChI is InChI=1S/C11H10N2O/c12-8-4-5-11(14)9(7-8)10-3-1-2-6-13-10/h1-7,14H,12H2. The van der Waals surface area contributed by atoms with Gasteiger partial charge in [0.25, 0.3) is 0 Å². The fourth-order valence-corrected chi connectivity index (χ4v) is 1.28. The number of aromatic hydroxyl groups is 1. The highest BCUT2D eigenvalue weighted by molar-refractivity contribution is 5.70. The lowest BCUT2D eigenvalue weighted by Gasteiger charge is -2.04. The molecule has 0 aliphatic heterocycles. The summed E-state index contributed by atoms with van der Waals surface area (Å²) in [6, 6.07) is 10.4. The van der Waals surface area contributed by atoms with E-state index in [1.807, 2.05) is 18.2 Å². The molecule has 0 saturated heterocycles. The van der Waals surface area contributed by atoms with Crippen molar-refractivity contribution in [3.8, 4) is 17.0 Å². The van der Waals surface area contributed by atoms with E-state index in [0.717, 1.165) is 5.69 Å². The van der Waals surface area contributed by atoms with E-state index in [4.69, 9.17) is 5.73 Å². The summed E-state index contributed by atoms with van der Waals surface area (Å²) in [7, 11) is 0. The first kappa shape index (κ1) is 8.56. The molecule has 0 saturated carbocycles. The number of nitrogen functional groups attached to an aromatic ring is 1. The number of rotatable bonds is 1. The van der Waals surface area contributed by atoms with Crippen LogP contribution in [0.5, 0.6) is 5.75 Å². The molecule has 0 radical (unpaired) electrons. The monoisotopic (exact) mass is 186 g/mol. The minimum absolute atomic E-state index is 0.193. The largest absolute Gasteiger partial charge is 0.507 e. The molecule has 3 N–H and O–H groups in total. The zero-order valence-electron chi connectivity index (χ0n) is 7.51. The van der Waals surface area contributed by atoms with Gasteiger partial charge in [-0.3, -0.25) is 4.98 Å². The smallest absolute Gasteiger partial charge is 0.125 e. The molecule has 1 heterocycles. The van der Waals surface area contributed by atoms with Gasteiger partial charge in [0.2, 0.25) is 0 Å². The summed E-state index contributed by atoms with van der Waals surface area (Å²) >= 11 is 0. The Bertz CT molecular complexity index is 440. The molecule has 0 aliphatic rings. The minimum atomic E-state index is 0.193. The van der Waals surface area contributed by atoms with Crippen molar-refractivity contribution >= 4 is 5.69 Å². The molecular weight excluding hydrogens is 176 g/mol. The number of hydrogen-bond acceptors (Lipinski definition) is 3. The predicted octanol–water partition coefficient (Wildman–Crippen LogP) is 2.04. The molecule has 1 aromatic heterocycles. The van der Waals surface area contributed by atoms with Crippen molar-refractivity contribution in [1.82, 2.24) is 4.98 Å². The van der Waals surface area contributed by atoms with E-state index in [1.54, 1.807) is 24.4 Å². The Morgan fingerprint density at radius 1 is 1.14 bits per heavy atom. The molecule has 0 spiro atoms. The Kier molecular flexibility index (Phi) is 2.07. The fraction of sp³-hybridized carbons (Fsp3) is 0. The molecule has 0 unspecified atom stereocenters. The van der Waals surface area contributed by atoms with Crippen LogP contribution in [-0.4, -0.2) is 10.1 Å². The predicted molar refractivity (Wildman–Crippen MR) is 55.8 cm³/mol. The van der Waals surface area contributed by atoms with Crippen LogP contribution in [0, 0.1) is 0 Å². The van der Waals surface area contributed by atoms with Crippen molar-refractivity contribution in [3.63, 3.8) is 0 Å². The van der Waals surface area contributed by atoms with Crippen molar-refractivity contribution in [1.29, 1.82) is 0 Å². The van der Waals surface area contributed by atoms with Crippen molar-refractivity contribution in [2.45, 2.75) is 0 Å². The van der Waals surface area contributed by atoms with Crippen LogP contribution in [-0.2, 0) is 0 Å². The van der Waals surface area contributed by atoms with Gasteiger partial charge in [0.05, 0.1) is 5.69 Å². The zero-order valence-corrected chi connectivity index (χ0v) is 7.51. The molecule has 2 rings (SSSR count). The van der Waals surface area contributed by atoms with Crippen LogP contribution >= 0.6 is 0 Å². The van der Waals surface area contributed by atoms with Gasteiger partial charge in [0.1, 0.15) is 5.75 Å². The molecule has 1 aromatic carbocycles. The van der Waals surface area contributed by atoms with Gasteiger partial charge in [-0.05, 0) is 30.3 Å². The summed E-state index contributed by atoms with van der Waals surface area (Å²) in [6.07, 6.45) is 1.68. The van der Waals surface area contributed by atoms with E-state index in [1.165, 1.54) is 0 Å². The highest BCUT2D eigenvalue weighted by Gasteiger charge is 2.04. The first-order valence-corrected chi connectivity index (χ1v) is 4.27. The highest BCUT2D eigenvalue weighted by Crippen LogP contribution is 2.28. The number of anilines is 1. The number of benzene rings is 1. The number of hydrogen-bond donors (Lipinski definition) is 2. The van der Waals surface area contributed by atoms with Gasteiger partial charge in [-0.15, -0.1) is 0 Å². The minimum Gasteiger partial charge on any atom is -0.507 e. The van der Waals surface area contributed by atoms with Crippen LogP contribution < -0.4 is 5.73 Å². The Balaban J connectivity index is 2.57. The molecule has 2 aromatic rings. The zero-order chi connectivity index (χ0) is 9.97. The highest BCUT2D eigenvalue weighted by atomic mass is 16.3. The van der Waals surface area contributed by atoms with E-state index >= 15 is 0 Å². The van der Waals surface area contributed by atoms with Crippen LogP contribution in [0.4, 0.5) is 5.69 Å². The lowest BCUT2D eigenvalue weighted by atomic mass is 10.1. The molecule has 0 amide bonds. The first-order valence-electron chi connectivity index (χ1n) is 4.27. The summed E-state index contributed by atoms with van der Waals surface area (Å²) in [4.78, 5) is 4.14. The van der Waals surface area contributed by atoms with Gasteiger partial charge in [-0.25, -0.2) is 0 Å². The van der Waals surface area contributed by atoms with E-state index in [0.29, 0.717) is 11.3 Å². The van der Waals surface area contributed by atoms with Crippen LogP contribution in [0.15, 0.2) is 42.6 Å². The molecule has 0 bridgehead atoms. The first-order chi connectivity index (χ1) is 6.77. The van der Waals surface area contributed by atoms with E-state index < -0.39 is 0 Å². The van der Waals surface area contributed by atoms with Crippen molar-refractivity contribution in [3.05, 3.63) is 42.6 Å². The third-order valence-electron chi connectivity index (χ3n) is 1.96. The molecule has 3 nitrogen and oxygen atoms in total. The van der Waals surface area contributed by atoms with Gasteiger partial charge < -0.3 is 10.8 Å². The van der Waals surface area contributed by atoms with Crippen LogP contribution in [0.1, 0.15) is 0 Å². The van der Waals surface area contributed by atoms with E-state index in [2.05, 4.69) is 4.98 Å². The van der Waals surface area contributed by atoms with Gasteiger partial charge in [-0.1, -0.05) is 6.07 Å². The Labute approximate surface area is 81.8 Å². The second-order valence-electron chi connectivity index (χ2n) is 2.99. The number of phenols is 1. The second-order valence-corrected chi connectivity index (χ2v) is 2.99. The number of phenolic OH excluding ortho intramolecular Hbond substituents is 1. The maximum absolute atomic E-state index is 9.59. The summed E-state index contributed by atoms with van der Waals surface area (Å²) in [5.74, 6) is 0.193. The number of nitrogens with zero attached hydrogens (tertiary/aromatic N) is 1. The summed E-state index contributed by atoms with van der Waals surface area (Å²) in [5, 5.41) is 9.59. The average Bonchev–Trinajstić information content (AvgIpc) is 2.23. The summed E-state index contributed by atoms with van der Waals surface area (Å²) in [6.45, 7) is 0. The maximum Gasteiger partial charge on any atom is 0.125 e. The molecule has 0 aliphatic carbocycles. The quantitative estimate of drug-likeness (QED) is 0.529.